The number of hydrogen-bond donors (Lipinski definition) is 1. The Morgan fingerprint density at radius 3 is 2.18 bits per heavy atom. The maximum atomic E-state index is 12.0. The molecule has 0 spiro atoms. The molecule has 0 aromatic heterocycles. The molecule has 0 saturated carbocycles. The van der Waals surface area contributed by atoms with Crippen molar-refractivity contribution in [3.63, 3.8) is 0 Å². The lowest BCUT2D eigenvalue weighted by Gasteiger charge is -2.29. The van der Waals surface area contributed by atoms with Crippen LogP contribution in [0, 0.1) is 0 Å². The molecule has 0 aliphatic carbocycles. The second-order valence-electron chi connectivity index (χ2n) is 6.58. The lowest BCUT2D eigenvalue weighted by Crippen LogP contribution is -3.00. The van der Waals surface area contributed by atoms with Gasteiger partial charge in [0.2, 0.25) is 0 Å². The summed E-state index contributed by atoms with van der Waals surface area (Å²) in [7, 11) is 3.56. The number of hydrogen-bond acceptors (Lipinski definition) is 4. The molecule has 1 unspecified atom stereocenters. The summed E-state index contributed by atoms with van der Waals surface area (Å²) in [5.41, 5.74) is -0.526. The van der Waals surface area contributed by atoms with Crippen molar-refractivity contribution in [3.8, 4) is 0 Å². The van der Waals surface area contributed by atoms with Crippen LogP contribution in [0.25, 0.3) is 0 Å². The Labute approximate surface area is 149 Å². The largest absolute Gasteiger partial charge is 1.00 e. The van der Waals surface area contributed by atoms with Gasteiger partial charge in [-0.2, -0.15) is 0 Å². The summed E-state index contributed by atoms with van der Waals surface area (Å²) in [6.07, 6.45) is 0.433. The summed E-state index contributed by atoms with van der Waals surface area (Å²) < 4.78 is 19.6. The zero-order valence-electron chi connectivity index (χ0n) is 13.9. The summed E-state index contributed by atoms with van der Waals surface area (Å²) >= 11 is 11.3. The second kappa shape index (κ2) is 9.99. The van der Waals surface area contributed by atoms with E-state index in [0.29, 0.717) is 24.0 Å². The SMILES string of the molecule is CN(CC[N+](C)(C)C)P(=O)(O)OOCCC(C)(C)N(Cl)Cl.[Cl-]. The van der Waals surface area contributed by atoms with E-state index in [4.69, 9.17) is 28.4 Å². The van der Waals surface area contributed by atoms with Crippen molar-refractivity contribution >= 4 is 31.3 Å². The van der Waals surface area contributed by atoms with Crippen LogP contribution in [-0.4, -0.2) is 71.4 Å². The van der Waals surface area contributed by atoms with Gasteiger partial charge in [0.05, 0.1) is 40.8 Å². The van der Waals surface area contributed by atoms with E-state index in [-0.39, 0.29) is 19.0 Å². The molecule has 1 N–H and O–H groups in total. The van der Waals surface area contributed by atoms with Crippen LogP contribution >= 0.6 is 31.3 Å². The third kappa shape index (κ3) is 10.6. The van der Waals surface area contributed by atoms with E-state index in [1.54, 1.807) is 0 Å². The summed E-state index contributed by atoms with van der Waals surface area (Å²) in [5, 5.41) is 0. The molecule has 7 nitrogen and oxygen atoms in total. The maximum absolute atomic E-state index is 12.0. The Morgan fingerprint density at radius 2 is 1.77 bits per heavy atom. The normalized spacial score (nSPS) is 15.8. The van der Waals surface area contributed by atoms with Crippen molar-refractivity contribution in [2.24, 2.45) is 0 Å². The minimum absolute atomic E-state index is 0. The van der Waals surface area contributed by atoms with Crippen LogP contribution in [0.2, 0.25) is 0 Å². The fraction of sp³-hybridized carbons (Fsp3) is 1.00. The van der Waals surface area contributed by atoms with E-state index in [1.165, 1.54) is 11.7 Å². The van der Waals surface area contributed by atoms with Crippen LogP contribution in [0.5, 0.6) is 0 Å². The highest BCUT2D eigenvalue weighted by molar-refractivity contribution is 7.50. The van der Waals surface area contributed by atoms with Gasteiger partial charge in [0, 0.05) is 5.54 Å². The minimum Gasteiger partial charge on any atom is -1.00 e. The first-order valence-corrected chi connectivity index (χ1v) is 8.76. The average Bonchev–Trinajstić information content (AvgIpc) is 2.30. The molecule has 0 saturated heterocycles. The first kappa shape index (κ1) is 25.1. The monoisotopic (exact) mass is 401 g/mol. The molecular formula is C11H27Cl3N3O4P. The Bertz CT molecular complexity index is 367. The fourth-order valence-corrected chi connectivity index (χ4v) is 1.95. The minimum atomic E-state index is -3.95. The number of likely N-dealkylation sites (N-methyl/N-ethyl adjacent to an activating group) is 2. The van der Waals surface area contributed by atoms with Gasteiger partial charge in [-0.3, -0.25) is 0 Å². The first-order chi connectivity index (χ1) is 9.28. The summed E-state index contributed by atoms with van der Waals surface area (Å²) in [6.45, 7) is 4.81. The van der Waals surface area contributed by atoms with Crippen molar-refractivity contribution in [1.29, 1.82) is 0 Å². The second-order valence-corrected chi connectivity index (χ2v) is 9.24. The highest BCUT2D eigenvalue weighted by Crippen LogP contribution is 2.45. The Kier molecular flexibility index (Phi) is 11.4. The zero-order chi connectivity index (χ0) is 16.9. The number of quaternary nitrogens is 1. The number of halogens is 3. The third-order valence-electron chi connectivity index (χ3n) is 2.93. The average molecular weight is 403 g/mol. The smallest absolute Gasteiger partial charge is 0.432 e. The van der Waals surface area contributed by atoms with Crippen molar-refractivity contribution in [1.82, 2.24) is 8.61 Å². The van der Waals surface area contributed by atoms with E-state index in [2.05, 4.69) is 4.67 Å². The van der Waals surface area contributed by atoms with Gasteiger partial charge in [0.15, 0.2) is 0 Å². The van der Waals surface area contributed by atoms with Crippen molar-refractivity contribution < 1.29 is 35.9 Å². The third-order valence-corrected chi connectivity index (χ3v) is 5.21. The molecule has 0 rings (SSSR count). The molecule has 0 bridgehead atoms. The Morgan fingerprint density at radius 1 is 1.27 bits per heavy atom. The summed E-state index contributed by atoms with van der Waals surface area (Å²) in [6, 6.07) is 0. The standard InChI is InChI=1S/C11H26Cl2N3O4P.ClH/c1-11(2,15(12)13)7-10-19-20-21(17,18)14(3)8-9-16(4,5)6;/h7-10H2,1-6H3;1H. The lowest BCUT2D eigenvalue weighted by molar-refractivity contribution is -0.869. The zero-order valence-corrected chi connectivity index (χ0v) is 17.1. The highest BCUT2D eigenvalue weighted by atomic mass is 35.5. The molecule has 0 fully saturated rings. The molecule has 11 heteroatoms. The topological polar surface area (TPSA) is 62.2 Å². The molecule has 0 heterocycles. The highest BCUT2D eigenvalue weighted by Gasteiger charge is 2.30. The fourth-order valence-electron chi connectivity index (χ4n) is 1.11. The predicted molar refractivity (Wildman–Crippen MR) is 84.6 cm³/mol. The molecule has 22 heavy (non-hydrogen) atoms. The Hall–Kier alpha value is 0.860. The van der Waals surface area contributed by atoms with Gasteiger partial charge in [-0.15, -0.1) is 8.61 Å². The number of rotatable bonds is 10. The molecule has 0 aliphatic rings. The summed E-state index contributed by atoms with van der Waals surface area (Å²) in [5.74, 6) is 0. The van der Waals surface area contributed by atoms with Gasteiger partial charge in [0.25, 0.3) is 0 Å². The maximum Gasteiger partial charge on any atom is 0.432 e. The summed E-state index contributed by atoms with van der Waals surface area (Å²) in [4.78, 5) is 14.6. The van der Waals surface area contributed by atoms with Gasteiger partial charge in [-0.05, 0) is 50.9 Å². The van der Waals surface area contributed by atoms with Crippen LogP contribution in [0.4, 0.5) is 0 Å². The van der Waals surface area contributed by atoms with Gasteiger partial charge in [0.1, 0.15) is 0 Å². The molecule has 0 amide bonds. The lowest BCUT2D eigenvalue weighted by atomic mass is 10.0. The van der Waals surface area contributed by atoms with E-state index in [1.807, 2.05) is 35.0 Å². The van der Waals surface area contributed by atoms with Crippen LogP contribution in [0.1, 0.15) is 20.3 Å². The first-order valence-electron chi connectivity index (χ1n) is 6.56. The predicted octanol–water partition coefficient (Wildman–Crippen LogP) is -0.545. The van der Waals surface area contributed by atoms with E-state index in [9.17, 15) is 9.46 Å². The van der Waals surface area contributed by atoms with Crippen LogP contribution in [0.15, 0.2) is 0 Å². The van der Waals surface area contributed by atoms with Crippen LogP contribution in [-0.2, 0) is 14.1 Å². The van der Waals surface area contributed by atoms with Crippen molar-refractivity contribution in [2.45, 2.75) is 25.8 Å². The molecule has 0 radical (unpaired) electrons. The van der Waals surface area contributed by atoms with Gasteiger partial charge in [-0.1, -0.05) is 0 Å². The van der Waals surface area contributed by atoms with Crippen LogP contribution < -0.4 is 12.4 Å². The van der Waals surface area contributed by atoms with E-state index < -0.39 is 13.3 Å². The molecule has 136 valence electrons. The molecule has 0 aromatic carbocycles. The molecule has 0 aromatic rings. The Balaban J connectivity index is 0. The molecule has 1 atom stereocenters. The number of nitrogens with zero attached hydrogens (tertiary/aromatic N) is 3. The molecular weight excluding hydrogens is 375 g/mol. The quantitative estimate of drug-likeness (QED) is 0.132. The molecule has 0 aliphatic heterocycles. The van der Waals surface area contributed by atoms with E-state index >= 15 is 0 Å². The van der Waals surface area contributed by atoms with Gasteiger partial charge >= 0.3 is 7.75 Å². The van der Waals surface area contributed by atoms with E-state index in [0.717, 1.165) is 3.94 Å². The van der Waals surface area contributed by atoms with Gasteiger partial charge in [-0.25, -0.2) is 14.1 Å². The van der Waals surface area contributed by atoms with Crippen LogP contribution in [0.3, 0.4) is 0 Å². The van der Waals surface area contributed by atoms with Crippen molar-refractivity contribution in [2.75, 3.05) is 47.9 Å². The van der Waals surface area contributed by atoms with Crippen molar-refractivity contribution in [3.05, 3.63) is 0 Å². The van der Waals surface area contributed by atoms with Gasteiger partial charge < -0.3 is 21.8 Å².